The van der Waals surface area contributed by atoms with Crippen molar-refractivity contribution in [2.45, 2.75) is 0 Å². The Morgan fingerprint density at radius 1 is 0.260 bits per heavy atom. The third-order valence-electron chi connectivity index (χ3n) is 9.59. The molecule has 0 atom stereocenters. The van der Waals surface area contributed by atoms with Gasteiger partial charge in [0.2, 0.25) is 0 Å². The summed E-state index contributed by atoms with van der Waals surface area (Å²) in [5.41, 5.74) is 9.17. The molecule has 0 bridgehead atoms. The highest BCUT2D eigenvalue weighted by atomic mass is 15.1. The topological polar surface area (TPSA) is 6.48 Å². The van der Waals surface area contributed by atoms with E-state index < -0.39 is 0 Å². The molecular weight excluding hydrogens is 605 g/mol. The van der Waals surface area contributed by atoms with Crippen LogP contribution in [0.5, 0.6) is 0 Å². The van der Waals surface area contributed by atoms with Crippen molar-refractivity contribution in [3.05, 3.63) is 206 Å². The van der Waals surface area contributed by atoms with Crippen molar-refractivity contribution < 1.29 is 0 Å². The molecule has 0 aliphatic rings. The van der Waals surface area contributed by atoms with Crippen LogP contribution in [0.25, 0.3) is 43.4 Å². The predicted molar refractivity (Wildman–Crippen MR) is 214 cm³/mol. The maximum atomic E-state index is 2.37. The van der Waals surface area contributed by atoms with Crippen molar-refractivity contribution in [2.75, 3.05) is 9.80 Å². The van der Waals surface area contributed by atoms with E-state index in [2.05, 4.69) is 216 Å². The molecule has 0 N–H and O–H groups in total. The molecule has 0 radical (unpaired) electrons. The van der Waals surface area contributed by atoms with Crippen LogP contribution in [0.3, 0.4) is 0 Å². The Morgan fingerprint density at radius 3 is 1.40 bits per heavy atom. The molecule has 0 aliphatic heterocycles. The first-order valence-electron chi connectivity index (χ1n) is 17.1. The van der Waals surface area contributed by atoms with Crippen molar-refractivity contribution in [1.82, 2.24) is 0 Å². The molecule has 0 fully saturated rings. The van der Waals surface area contributed by atoms with Gasteiger partial charge in [-0.15, -0.1) is 0 Å². The molecule has 0 unspecified atom stereocenters. The minimum absolute atomic E-state index is 1.11. The van der Waals surface area contributed by atoms with Gasteiger partial charge in [-0.25, -0.2) is 0 Å². The van der Waals surface area contributed by atoms with Crippen LogP contribution in [0.15, 0.2) is 206 Å². The standard InChI is InChI=1S/C48H34N2/c1-4-17-38(18-5-1)49(39-19-6-2-7-20-39)42-31-32-44-36(33-42)16-14-26-48(44)50(40-21-8-3-9-22-40)41-29-27-35(28-30-41)47-34-37-15-10-11-23-43(37)45-24-12-13-25-46(45)47/h1-34H. The van der Waals surface area contributed by atoms with E-state index in [4.69, 9.17) is 0 Å². The van der Waals surface area contributed by atoms with Gasteiger partial charge in [-0.2, -0.15) is 0 Å². The lowest BCUT2D eigenvalue weighted by atomic mass is 9.93. The maximum absolute atomic E-state index is 2.37. The van der Waals surface area contributed by atoms with Crippen LogP contribution in [0, 0.1) is 0 Å². The van der Waals surface area contributed by atoms with Crippen molar-refractivity contribution in [2.24, 2.45) is 0 Å². The van der Waals surface area contributed by atoms with Crippen LogP contribution in [0.1, 0.15) is 0 Å². The Hall–Kier alpha value is -6.64. The van der Waals surface area contributed by atoms with Gasteiger partial charge in [-0.1, -0.05) is 133 Å². The van der Waals surface area contributed by atoms with Gasteiger partial charge in [0.1, 0.15) is 0 Å². The van der Waals surface area contributed by atoms with Gasteiger partial charge in [-0.05, 0) is 111 Å². The van der Waals surface area contributed by atoms with Gasteiger partial charge in [0, 0.05) is 33.8 Å². The van der Waals surface area contributed by atoms with E-state index in [0.717, 1.165) is 34.1 Å². The SMILES string of the molecule is c1ccc(N(c2ccccc2)c2ccc3c(N(c4ccccc4)c4ccc(-c5cc6ccccc6c6ccccc56)cc4)cccc3c2)cc1. The predicted octanol–water partition coefficient (Wildman–Crippen LogP) is 13.8. The number of benzene rings is 9. The number of rotatable bonds is 7. The summed E-state index contributed by atoms with van der Waals surface area (Å²) in [6.45, 7) is 0. The van der Waals surface area contributed by atoms with Crippen molar-refractivity contribution in [3.8, 4) is 11.1 Å². The molecule has 0 saturated carbocycles. The number of para-hydroxylation sites is 3. The van der Waals surface area contributed by atoms with Crippen LogP contribution in [0.2, 0.25) is 0 Å². The van der Waals surface area contributed by atoms with Crippen LogP contribution in [0.4, 0.5) is 34.1 Å². The Balaban J connectivity index is 1.16. The van der Waals surface area contributed by atoms with Crippen molar-refractivity contribution >= 4 is 66.4 Å². The smallest absolute Gasteiger partial charge is 0.0540 e. The van der Waals surface area contributed by atoms with Crippen LogP contribution < -0.4 is 9.80 Å². The molecule has 0 aromatic heterocycles. The molecule has 0 spiro atoms. The highest BCUT2D eigenvalue weighted by Gasteiger charge is 2.18. The number of anilines is 6. The zero-order chi connectivity index (χ0) is 33.3. The van der Waals surface area contributed by atoms with E-state index in [-0.39, 0.29) is 0 Å². The summed E-state index contributed by atoms with van der Waals surface area (Å²) in [7, 11) is 0. The fourth-order valence-corrected chi connectivity index (χ4v) is 7.28. The number of nitrogens with zero attached hydrogens (tertiary/aromatic N) is 2. The average molecular weight is 639 g/mol. The Bertz CT molecular complexity index is 2540. The second kappa shape index (κ2) is 12.8. The molecule has 9 aromatic carbocycles. The first kappa shape index (κ1) is 29.5. The van der Waals surface area contributed by atoms with Gasteiger partial charge in [0.25, 0.3) is 0 Å². The van der Waals surface area contributed by atoms with E-state index >= 15 is 0 Å². The number of hydrogen-bond acceptors (Lipinski definition) is 2. The van der Waals surface area contributed by atoms with Crippen LogP contribution in [-0.2, 0) is 0 Å². The second-order valence-electron chi connectivity index (χ2n) is 12.6. The van der Waals surface area contributed by atoms with E-state index in [1.807, 2.05) is 0 Å². The summed E-state index contributed by atoms with van der Waals surface area (Å²) in [5, 5.41) is 7.45. The minimum atomic E-state index is 1.11. The molecule has 9 aromatic rings. The second-order valence-corrected chi connectivity index (χ2v) is 12.6. The third kappa shape index (κ3) is 5.34. The lowest BCUT2D eigenvalue weighted by Gasteiger charge is -2.28. The summed E-state index contributed by atoms with van der Waals surface area (Å²) in [6.07, 6.45) is 0. The summed E-state index contributed by atoms with van der Waals surface area (Å²) in [5.74, 6) is 0. The zero-order valence-electron chi connectivity index (χ0n) is 27.5. The lowest BCUT2D eigenvalue weighted by molar-refractivity contribution is 1.28. The van der Waals surface area contributed by atoms with E-state index in [1.54, 1.807) is 0 Å². The molecule has 236 valence electrons. The zero-order valence-corrected chi connectivity index (χ0v) is 27.5. The first-order valence-corrected chi connectivity index (χ1v) is 17.1. The summed E-state index contributed by atoms with van der Waals surface area (Å²) < 4.78 is 0. The number of hydrogen-bond donors (Lipinski definition) is 0. The highest BCUT2D eigenvalue weighted by Crippen LogP contribution is 2.43. The first-order chi connectivity index (χ1) is 24.8. The molecular formula is C48H34N2. The monoisotopic (exact) mass is 638 g/mol. The summed E-state index contributed by atoms with van der Waals surface area (Å²) in [4.78, 5) is 4.69. The molecule has 0 heterocycles. The Labute approximate surface area is 292 Å². The average Bonchev–Trinajstić information content (AvgIpc) is 3.19. The molecule has 0 saturated heterocycles. The van der Waals surface area contributed by atoms with Crippen molar-refractivity contribution in [1.29, 1.82) is 0 Å². The Morgan fingerprint density at radius 2 is 0.740 bits per heavy atom. The van der Waals surface area contributed by atoms with Gasteiger partial charge in [0.15, 0.2) is 0 Å². The van der Waals surface area contributed by atoms with Gasteiger partial charge < -0.3 is 9.80 Å². The molecule has 9 rings (SSSR count). The van der Waals surface area contributed by atoms with E-state index in [9.17, 15) is 0 Å². The fourth-order valence-electron chi connectivity index (χ4n) is 7.28. The quantitative estimate of drug-likeness (QED) is 0.160. The molecule has 0 aliphatic carbocycles. The van der Waals surface area contributed by atoms with Crippen LogP contribution >= 0.6 is 0 Å². The van der Waals surface area contributed by atoms with E-state index in [1.165, 1.54) is 43.4 Å². The molecule has 0 amide bonds. The molecule has 2 nitrogen and oxygen atoms in total. The van der Waals surface area contributed by atoms with E-state index in [0.29, 0.717) is 0 Å². The minimum Gasteiger partial charge on any atom is -0.310 e. The molecule has 50 heavy (non-hydrogen) atoms. The normalized spacial score (nSPS) is 11.2. The maximum Gasteiger partial charge on any atom is 0.0540 e. The summed E-state index contributed by atoms with van der Waals surface area (Å²) >= 11 is 0. The van der Waals surface area contributed by atoms with Crippen molar-refractivity contribution in [3.63, 3.8) is 0 Å². The molecule has 2 heteroatoms. The van der Waals surface area contributed by atoms with Gasteiger partial charge in [-0.3, -0.25) is 0 Å². The third-order valence-corrected chi connectivity index (χ3v) is 9.59. The fraction of sp³-hybridized carbons (Fsp3) is 0. The van der Waals surface area contributed by atoms with Gasteiger partial charge >= 0.3 is 0 Å². The van der Waals surface area contributed by atoms with Gasteiger partial charge in [0.05, 0.1) is 5.69 Å². The number of fused-ring (bicyclic) bond motifs is 4. The largest absolute Gasteiger partial charge is 0.310 e. The highest BCUT2D eigenvalue weighted by molar-refractivity contribution is 6.13. The lowest BCUT2D eigenvalue weighted by Crippen LogP contribution is -2.11. The summed E-state index contributed by atoms with van der Waals surface area (Å²) in [6, 6.07) is 74.0. The Kier molecular flexibility index (Phi) is 7.53. The van der Waals surface area contributed by atoms with Crippen LogP contribution in [-0.4, -0.2) is 0 Å².